The average Bonchev–Trinajstić information content (AvgIpc) is 2.47. The second-order valence-electron chi connectivity index (χ2n) is 6.86. The maximum atomic E-state index is 13.2. The number of sulfone groups is 1. The van der Waals surface area contributed by atoms with Crippen LogP contribution in [0.1, 0.15) is 61.8 Å². The standard InChI is InChI=1S/C20H26O2S/c1-13(2)17-9-7-15(5)19(11-17)23(21,22)20-12-18(14(3)4)10-8-16(20)6/h7-14H,1-6H3. The molecule has 2 aromatic rings. The Morgan fingerprint density at radius 1 is 0.696 bits per heavy atom. The summed E-state index contributed by atoms with van der Waals surface area (Å²) in [5.41, 5.74) is 3.69. The lowest BCUT2D eigenvalue weighted by molar-refractivity contribution is 0.594. The predicted molar refractivity (Wildman–Crippen MR) is 96.0 cm³/mol. The van der Waals surface area contributed by atoms with Gasteiger partial charge in [0.1, 0.15) is 0 Å². The molecule has 2 rings (SSSR count). The Balaban J connectivity index is 2.68. The van der Waals surface area contributed by atoms with Crippen LogP contribution in [0.15, 0.2) is 46.2 Å². The molecule has 3 heteroatoms. The molecule has 0 aliphatic heterocycles. The number of hydrogen-bond donors (Lipinski definition) is 0. The van der Waals surface area contributed by atoms with Crippen molar-refractivity contribution in [2.24, 2.45) is 0 Å². The summed E-state index contributed by atoms with van der Waals surface area (Å²) in [6, 6.07) is 11.5. The van der Waals surface area contributed by atoms with Crippen molar-refractivity contribution >= 4 is 9.84 Å². The molecule has 0 radical (unpaired) electrons. The van der Waals surface area contributed by atoms with E-state index in [1.54, 1.807) is 0 Å². The van der Waals surface area contributed by atoms with Crippen molar-refractivity contribution < 1.29 is 8.42 Å². The summed E-state index contributed by atoms with van der Waals surface area (Å²) in [5, 5.41) is 0. The molecule has 0 spiro atoms. The van der Waals surface area contributed by atoms with Crippen LogP contribution in [-0.4, -0.2) is 8.42 Å². The Morgan fingerprint density at radius 3 is 1.35 bits per heavy atom. The molecular weight excluding hydrogens is 304 g/mol. The maximum Gasteiger partial charge on any atom is 0.207 e. The molecule has 0 unspecified atom stereocenters. The van der Waals surface area contributed by atoms with Gasteiger partial charge in [-0.2, -0.15) is 0 Å². The predicted octanol–water partition coefficient (Wildman–Crippen LogP) is 5.38. The van der Waals surface area contributed by atoms with Crippen LogP contribution in [0.25, 0.3) is 0 Å². The molecular formula is C20H26O2S. The Morgan fingerprint density at radius 2 is 1.04 bits per heavy atom. The first-order chi connectivity index (χ1) is 10.6. The molecule has 0 bridgehead atoms. The van der Waals surface area contributed by atoms with Crippen molar-refractivity contribution in [1.29, 1.82) is 0 Å². The van der Waals surface area contributed by atoms with Crippen molar-refractivity contribution in [3.63, 3.8) is 0 Å². The molecule has 0 aliphatic rings. The zero-order chi connectivity index (χ0) is 17.4. The Bertz CT molecular complexity index is 752. The summed E-state index contributed by atoms with van der Waals surface area (Å²) in [5.74, 6) is 0.597. The zero-order valence-corrected chi connectivity index (χ0v) is 15.7. The minimum atomic E-state index is -3.51. The summed E-state index contributed by atoms with van der Waals surface area (Å²) < 4.78 is 26.5. The van der Waals surface area contributed by atoms with E-state index in [1.165, 1.54) is 0 Å². The van der Waals surface area contributed by atoms with Crippen LogP contribution in [0.3, 0.4) is 0 Å². The van der Waals surface area contributed by atoms with Gasteiger partial charge in [0.15, 0.2) is 0 Å². The second-order valence-corrected chi connectivity index (χ2v) is 8.75. The Kier molecular flexibility index (Phi) is 5.00. The van der Waals surface area contributed by atoms with Crippen molar-refractivity contribution in [2.75, 3.05) is 0 Å². The van der Waals surface area contributed by atoms with E-state index >= 15 is 0 Å². The maximum absolute atomic E-state index is 13.2. The molecule has 0 fully saturated rings. The summed E-state index contributed by atoms with van der Waals surface area (Å²) in [7, 11) is -3.51. The molecule has 0 atom stereocenters. The van der Waals surface area contributed by atoms with Gasteiger partial charge in [-0.3, -0.25) is 0 Å². The lowest BCUT2D eigenvalue weighted by atomic mass is 10.0. The van der Waals surface area contributed by atoms with E-state index in [1.807, 2.05) is 50.2 Å². The average molecular weight is 330 g/mol. The molecule has 23 heavy (non-hydrogen) atoms. The van der Waals surface area contributed by atoms with Crippen molar-refractivity contribution in [3.05, 3.63) is 58.7 Å². The molecule has 2 aromatic carbocycles. The molecule has 124 valence electrons. The fourth-order valence-electron chi connectivity index (χ4n) is 2.65. The first-order valence-electron chi connectivity index (χ1n) is 8.10. The van der Waals surface area contributed by atoms with Gasteiger partial charge in [0.2, 0.25) is 9.84 Å². The number of aryl methyl sites for hydroxylation is 2. The van der Waals surface area contributed by atoms with Gasteiger partial charge in [-0.05, 0) is 60.1 Å². The highest BCUT2D eigenvalue weighted by Crippen LogP contribution is 2.31. The van der Waals surface area contributed by atoms with Crippen LogP contribution in [0, 0.1) is 13.8 Å². The topological polar surface area (TPSA) is 34.1 Å². The summed E-state index contributed by atoms with van der Waals surface area (Å²) in [4.78, 5) is 0.848. The van der Waals surface area contributed by atoms with Crippen molar-refractivity contribution in [3.8, 4) is 0 Å². The van der Waals surface area contributed by atoms with Crippen LogP contribution < -0.4 is 0 Å². The Hall–Kier alpha value is -1.61. The highest BCUT2D eigenvalue weighted by atomic mass is 32.2. The molecule has 0 saturated heterocycles. The third kappa shape index (κ3) is 3.50. The largest absolute Gasteiger partial charge is 0.218 e. The van der Waals surface area contributed by atoms with E-state index < -0.39 is 9.84 Å². The summed E-state index contributed by atoms with van der Waals surface area (Å²) in [6.07, 6.45) is 0. The number of rotatable bonds is 4. The lowest BCUT2D eigenvalue weighted by Crippen LogP contribution is -2.08. The van der Waals surface area contributed by atoms with Gasteiger partial charge in [0.25, 0.3) is 0 Å². The van der Waals surface area contributed by atoms with Crippen LogP contribution in [-0.2, 0) is 9.84 Å². The van der Waals surface area contributed by atoms with E-state index in [2.05, 4.69) is 27.7 Å². The minimum Gasteiger partial charge on any atom is -0.218 e. The second kappa shape index (κ2) is 6.48. The fraction of sp³-hybridized carbons (Fsp3) is 0.400. The van der Waals surface area contributed by atoms with E-state index in [9.17, 15) is 8.42 Å². The molecule has 0 aliphatic carbocycles. The zero-order valence-electron chi connectivity index (χ0n) is 14.8. The summed E-state index contributed by atoms with van der Waals surface area (Å²) >= 11 is 0. The molecule has 0 aromatic heterocycles. The van der Waals surface area contributed by atoms with Crippen LogP contribution in [0.4, 0.5) is 0 Å². The third-order valence-electron chi connectivity index (χ3n) is 4.34. The van der Waals surface area contributed by atoms with Gasteiger partial charge in [0.05, 0.1) is 9.79 Å². The lowest BCUT2D eigenvalue weighted by Gasteiger charge is -2.15. The third-order valence-corrected chi connectivity index (χ3v) is 6.37. The summed E-state index contributed by atoms with van der Waals surface area (Å²) in [6.45, 7) is 12.0. The SMILES string of the molecule is Cc1ccc(C(C)C)cc1S(=O)(=O)c1cc(C(C)C)ccc1C. The Labute approximate surface area is 140 Å². The van der Waals surface area contributed by atoms with Crippen LogP contribution >= 0.6 is 0 Å². The van der Waals surface area contributed by atoms with Gasteiger partial charge in [-0.1, -0.05) is 52.0 Å². The molecule has 0 heterocycles. The first-order valence-corrected chi connectivity index (χ1v) is 9.59. The van der Waals surface area contributed by atoms with Crippen molar-refractivity contribution in [2.45, 2.75) is 63.2 Å². The van der Waals surface area contributed by atoms with Gasteiger partial charge in [-0.25, -0.2) is 8.42 Å². The van der Waals surface area contributed by atoms with Crippen molar-refractivity contribution in [1.82, 2.24) is 0 Å². The molecule has 0 saturated carbocycles. The number of benzene rings is 2. The molecule has 0 amide bonds. The van der Waals surface area contributed by atoms with Gasteiger partial charge in [0, 0.05) is 0 Å². The van der Waals surface area contributed by atoms with Crippen LogP contribution in [0.5, 0.6) is 0 Å². The van der Waals surface area contributed by atoms with E-state index in [0.29, 0.717) is 21.6 Å². The highest BCUT2D eigenvalue weighted by molar-refractivity contribution is 7.91. The van der Waals surface area contributed by atoms with Gasteiger partial charge in [-0.15, -0.1) is 0 Å². The van der Waals surface area contributed by atoms with E-state index in [4.69, 9.17) is 0 Å². The van der Waals surface area contributed by atoms with E-state index in [-0.39, 0.29) is 0 Å². The fourth-order valence-corrected chi connectivity index (χ4v) is 4.45. The smallest absolute Gasteiger partial charge is 0.207 e. The molecule has 2 nitrogen and oxygen atoms in total. The van der Waals surface area contributed by atoms with Gasteiger partial charge < -0.3 is 0 Å². The highest BCUT2D eigenvalue weighted by Gasteiger charge is 2.23. The first kappa shape index (κ1) is 17.7. The monoisotopic (exact) mass is 330 g/mol. The minimum absolute atomic E-state index is 0.299. The van der Waals surface area contributed by atoms with Crippen LogP contribution in [0.2, 0.25) is 0 Å². The van der Waals surface area contributed by atoms with E-state index in [0.717, 1.165) is 22.3 Å². The van der Waals surface area contributed by atoms with Gasteiger partial charge >= 0.3 is 0 Å². The molecule has 0 N–H and O–H groups in total. The quantitative estimate of drug-likeness (QED) is 0.754. The number of hydrogen-bond acceptors (Lipinski definition) is 2. The normalized spacial score (nSPS) is 12.2.